The molecule has 0 aliphatic carbocycles. The van der Waals surface area contributed by atoms with E-state index in [9.17, 15) is 14.7 Å². The van der Waals surface area contributed by atoms with E-state index in [0.717, 1.165) is 16.6 Å². The van der Waals surface area contributed by atoms with Gasteiger partial charge in [0.25, 0.3) is 5.91 Å². The number of aliphatic hydroxyl groups excluding tert-OH is 1. The first-order chi connectivity index (χ1) is 9.81. The van der Waals surface area contributed by atoms with E-state index < -0.39 is 12.0 Å². The zero-order valence-corrected chi connectivity index (χ0v) is 12.7. The summed E-state index contributed by atoms with van der Waals surface area (Å²) in [6, 6.07) is 3.77. The van der Waals surface area contributed by atoms with E-state index in [1.165, 1.54) is 11.1 Å². The molecule has 0 spiro atoms. The maximum atomic E-state index is 12.5. The molecule has 112 valence electrons. The molecule has 21 heavy (non-hydrogen) atoms. The molecule has 1 aromatic heterocycles. The van der Waals surface area contributed by atoms with Gasteiger partial charge in [-0.15, -0.1) is 0 Å². The molecule has 1 heterocycles. The Labute approximate surface area is 123 Å². The van der Waals surface area contributed by atoms with Crippen molar-refractivity contribution in [2.24, 2.45) is 0 Å². The minimum Gasteiger partial charge on any atom is -0.392 e. The van der Waals surface area contributed by atoms with Gasteiger partial charge >= 0.3 is 0 Å². The van der Waals surface area contributed by atoms with Crippen LogP contribution in [0.3, 0.4) is 0 Å². The third-order valence-corrected chi connectivity index (χ3v) is 3.45. The summed E-state index contributed by atoms with van der Waals surface area (Å²) in [6.45, 7) is 5.62. The summed E-state index contributed by atoms with van der Waals surface area (Å²) in [5.74, 6) is -0.391. The Balaban J connectivity index is 2.54. The van der Waals surface area contributed by atoms with Crippen LogP contribution in [-0.4, -0.2) is 40.6 Å². The first-order valence-electron chi connectivity index (χ1n) is 6.87. The largest absolute Gasteiger partial charge is 0.392 e. The van der Waals surface area contributed by atoms with Gasteiger partial charge in [-0.3, -0.25) is 9.59 Å². The second-order valence-corrected chi connectivity index (χ2v) is 5.57. The number of nitrogens with zero attached hydrogens (tertiary/aromatic N) is 1. The minimum atomic E-state index is -0.636. The van der Waals surface area contributed by atoms with Crippen LogP contribution in [0.15, 0.2) is 23.1 Å². The molecule has 5 nitrogen and oxygen atoms in total. The molecule has 0 unspecified atom stereocenters. The second-order valence-electron chi connectivity index (χ2n) is 5.57. The first kappa shape index (κ1) is 15.3. The van der Waals surface area contributed by atoms with Crippen LogP contribution >= 0.6 is 0 Å². The number of rotatable bonds is 3. The summed E-state index contributed by atoms with van der Waals surface area (Å²) in [6.07, 6.45) is 0.816. The standard InChI is InChI=1S/C16H20N2O3/c1-9-5-10(2)14-12(6-9)15(20)13(7-17-14)16(21)18(4)8-11(3)19/h5-7,11,19H,8H2,1-4H3,(H,17,20)/t11-/m0/s1. The summed E-state index contributed by atoms with van der Waals surface area (Å²) < 4.78 is 0. The highest BCUT2D eigenvalue weighted by molar-refractivity contribution is 5.97. The van der Waals surface area contributed by atoms with Gasteiger partial charge in [0.05, 0.1) is 11.6 Å². The summed E-state index contributed by atoms with van der Waals surface area (Å²) in [5, 5.41) is 9.87. The van der Waals surface area contributed by atoms with E-state index in [-0.39, 0.29) is 17.5 Å². The number of aromatic nitrogens is 1. The van der Waals surface area contributed by atoms with Gasteiger partial charge < -0.3 is 15.0 Å². The molecule has 1 aromatic carbocycles. The normalized spacial score (nSPS) is 12.4. The third-order valence-electron chi connectivity index (χ3n) is 3.45. The number of hydrogen-bond acceptors (Lipinski definition) is 3. The molecular formula is C16H20N2O3. The lowest BCUT2D eigenvalue weighted by atomic mass is 10.0. The molecule has 2 N–H and O–H groups in total. The zero-order chi connectivity index (χ0) is 15.7. The molecule has 0 aliphatic rings. The van der Waals surface area contributed by atoms with E-state index in [0.29, 0.717) is 5.39 Å². The lowest BCUT2D eigenvalue weighted by Crippen LogP contribution is -2.35. The number of fused-ring (bicyclic) bond motifs is 1. The molecule has 1 amide bonds. The predicted octanol–water partition coefficient (Wildman–Crippen LogP) is 1.60. The number of likely N-dealkylation sites (N-methyl/N-ethyl adjacent to an activating group) is 1. The smallest absolute Gasteiger partial charge is 0.259 e. The molecule has 0 fully saturated rings. The molecule has 2 aromatic rings. The number of amides is 1. The maximum absolute atomic E-state index is 12.5. The van der Waals surface area contributed by atoms with E-state index in [2.05, 4.69) is 4.98 Å². The van der Waals surface area contributed by atoms with Crippen molar-refractivity contribution >= 4 is 16.8 Å². The molecule has 2 rings (SSSR count). The number of carbonyl (C=O) groups excluding carboxylic acids is 1. The van der Waals surface area contributed by atoms with Crippen molar-refractivity contribution in [3.05, 3.63) is 45.2 Å². The van der Waals surface area contributed by atoms with E-state index >= 15 is 0 Å². The zero-order valence-electron chi connectivity index (χ0n) is 12.7. The molecule has 0 bridgehead atoms. The van der Waals surface area contributed by atoms with Crippen LogP contribution in [0.1, 0.15) is 28.4 Å². The SMILES string of the molecule is Cc1cc(C)c2[nH]cc(C(=O)N(C)C[C@H](C)O)c(=O)c2c1. The van der Waals surface area contributed by atoms with Gasteiger partial charge in [-0.25, -0.2) is 0 Å². The third kappa shape index (κ3) is 2.97. The van der Waals surface area contributed by atoms with Gasteiger partial charge in [0.2, 0.25) is 5.43 Å². The Bertz CT molecular complexity index is 747. The molecule has 0 saturated heterocycles. The molecule has 0 saturated carbocycles. The molecular weight excluding hydrogens is 268 g/mol. The monoisotopic (exact) mass is 288 g/mol. The number of carbonyl (C=O) groups is 1. The topological polar surface area (TPSA) is 73.4 Å². The minimum absolute atomic E-state index is 0.0932. The van der Waals surface area contributed by atoms with E-state index in [1.807, 2.05) is 19.9 Å². The lowest BCUT2D eigenvalue weighted by Gasteiger charge is -2.18. The number of H-pyrrole nitrogens is 1. The maximum Gasteiger partial charge on any atom is 0.259 e. The van der Waals surface area contributed by atoms with Crippen molar-refractivity contribution in [2.45, 2.75) is 26.9 Å². The highest BCUT2D eigenvalue weighted by Crippen LogP contribution is 2.16. The summed E-state index contributed by atoms with van der Waals surface area (Å²) in [7, 11) is 1.57. The van der Waals surface area contributed by atoms with Crippen LogP contribution in [0.25, 0.3) is 10.9 Å². The second kappa shape index (κ2) is 5.69. The van der Waals surface area contributed by atoms with Crippen LogP contribution < -0.4 is 5.43 Å². The number of aryl methyl sites for hydroxylation is 2. The van der Waals surface area contributed by atoms with Gasteiger partial charge in [0.15, 0.2) is 0 Å². The fraction of sp³-hybridized carbons (Fsp3) is 0.375. The van der Waals surface area contributed by atoms with Gasteiger partial charge in [-0.1, -0.05) is 6.07 Å². The Morgan fingerprint density at radius 1 is 1.38 bits per heavy atom. The molecule has 0 aliphatic heterocycles. The predicted molar refractivity (Wildman–Crippen MR) is 82.7 cm³/mol. The van der Waals surface area contributed by atoms with Crippen LogP contribution in [-0.2, 0) is 0 Å². The van der Waals surface area contributed by atoms with Crippen molar-refractivity contribution in [2.75, 3.05) is 13.6 Å². The van der Waals surface area contributed by atoms with Gasteiger partial charge in [-0.05, 0) is 38.0 Å². The van der Waals surface area contributed by atoms with Gasteiger partial charge in [-0.2, -0.15) is 0 Å². The number of aliphatic hydroxyl groups is 1. The average molecular weight is 288 g/mol. The lowest BCUT2D eigenvalue weighted by molar-refractivity contribution is 0.0702. The molecule has 0 radical (unpaired) electrons. The highest BCUT2D eigenvalue weighted by Gasteiger charge is 2.18. The molecule has 1 atom stereocenters. The van der Waals surface area contributed by atoms with Crippen molar-refractivity contribution in [3.63, 3.8) is 0 Å². The van der Waals surface area contributed by atoms with Crippen LogP contribution in [0.2, 0.25) is 0 Å². The van der Waals surface area contributed by atoms with E-state index in [4.69, 9.17) is 0 Å². The Hall–Kier alpha value is -2.14. The Morgan fingerprint density at radius 3 is 2.67 bits per heavy atom. The number of pyridine rings is 1. The van der Waals surface area contributed by atoms with Crippen LogP contribution in [0, 0.1) is 13.8 Å². The van der Waals surface area contributed by atoms with Crippen molar-refractivity contribution in [1.82, 2.24) is 9.88 Å². The van der Waals surface area contributed by atoms with Crippen LogP contribution in [0.5, 0.6) is 0 Å². The average Bonchev–Trinajstić information content (AvgIpc) is 2.38. The van der Waals surface area contributed by atoms with Crippen molar-refractivity contribution in [1.29, 1.82) is 0 Å². The number of hydrogen-bond donors (Lipinski definition) is 2. The summed E-state index contributed by atoms with van der Waals surface area (Å²) >= 11 is 0. The number of aromatic amines is 1. The molecule has 5 heteroatoms. The highest BCUT2D eigenvalue weighted by atomic mass is 16.3. The number of nitrogens with one attached hydrogen (secondary N) is 1. The first-order valence-corrected chi connectivity index (χ1v) is 6.87. The van der Waals surface area contributed by atoms with Crippen molar-refractivity contribution in [3.8, 4) is 0 Å². The van der Waals surface area contributed by atoms with Gasteiger partial charge in [0.1, 0.15) is 5.56 Å². The van der Waals surface area contributed by atoms with Crippen molar-refractivity contribution < 1.29 is 9.90 Å². The quantitative estimate of drug-likeness (QED) is 0.901. The van der Waals surface area contributed by atoms with Gasteiger partial charge in [0, 0.05) is 25.2 Å². The Morgan fingerprint density at radius 2 is 2.05 bits per heavy atom. The number of benzene rings is 1. The van der Waals surface area contributed by atoms with Crippen LogP contribution in [0.4, 0.5) is 0 Å². The fourth-order valence-electron chi connectivity index (χ4n) is 2.54. The van der Waals surface area contributed by atoms with E-state index in [1.54, 1.807) is 20.0 Å². The summed E-state index contributed by atoms with van der Waals surface area (Å²) in [4.78, 5) is 29.2. The fourth-order valence-corrected chi connectivity index (χ4v) is 2.54. The summed E-state index contributed by atoms with van der Waals surface area (Å²) in [5.41, 5.74) is 2.51. The Kier molecular flexibility index (Phi) is 4.14.